The van der Waals surface area contributed by atoms with Gasteiger partial charge in [-0.2, -0.15) is 0 Å². The highest BCUT2D eigenvalue weighted by atomic mass is 127. The Balaban J connectivity index is 2.50. The third kappa shape index (κ3) is 1.98. The zero-order valence-corrected chi connectivity index (χ0v) is 10.1. The molecule has 1 aliphatic rings. The molecular weight excluding hydrogens is 303 g/mol. The SMILES string of the molecule is NC1=NC(N)(c2ccccc2I)C=CN1. The number of nitrogens with two attached hydrogens (primary N) is 2. The fourth-order valence-electron chi connectivity index (χ4n) is 1.46. The van der Waals surface area contributed by atoms with Gasteiger partial charge in [0.15, 0.2) is 11.6 Å². The summed E-state index contributed by atoms with van der Waals surface area (Å²) in [4.78, 5) is 4.21. The van der Waals surface area contributed by atoms with E-state index in [0.29, 0.717) is 5.96 Å². The third-order valence-corrected chi connectivity index (χ3v) is 3.12. The number of nitrogens with one attached hydrogen (secondary N) is 1. The van der Waals surface area contributed by atoms with Crippen LogP contribution in [0.3, 0.4) is 0 Å². The van der Waals surface area contributed by atoms with Crippen molar-refractivity contribution in [3.63, 3.8) is 0 Å². The van der Waals surface area contributed by atoms with Crippen molar-refractivity contribution in [2.24, 2.45) is 16.5 Å². The van der Waals surface area contributed by atoms with E-state index in [2.05, 4.69) is 32.9 Å². The fourth-order valence-corrected chi connectivity index (χ4v) is 2.28. The van der Waals surface area contributed by atoms with Gasteiger partial charge in [-0.25, -0.2) is 4.99 Å². The number of hydrogen-bond acceptors (Lipinski definition) is 4. The minimum Gasteiger partial charge on any atom is -0.370 e. The number of rotatable bonds is 1. The molecule has 1 heterocycles. The molecule has 78 valence electrons. The molecule has 0 saturated heterocycles. The molecule has 0 saturated carbocycles. The summed E-state index contributed by atoms with van der Waals surface area (Å²) in [6, 6.07) is 7.85. The summed E-state index contributed by atoms with van der Waals surface area (Å²) in [5.74, 6) is 0.333. The Morgan fingerprint density at radius 2 is 2.07 bits per heavy atom. The van der Waals surface area contributed by atoms with Crippen molar-refractivity contribution in [3.05, 3.63) is 45.7 Å². The zero-order valence-electron chi connectivity index (χ0n) is 7.94. The van der Waals surface area contributed by atoms with Gasteiger partial charge in [0.25, 0.3) is 0 Å². The summed E-state index contributed by atoms with van der Waals surface area (Å²) in [7, 11) is 0. The lowest BCUT2D eigenvalue weighted by atomic mass is 10.0. The maximum atomic E-state index is 6.17. The molecule has 1 aromatic rings. The predicted molar refractivity (Wildman–Crippen MR) is 68.9 cm³/mol. The Morgan fingerprint density at radius 1 is 1.33 bits per heavy atom. The van der Waals surface area contributed by atoms with Gasteiger partial charge in [-0.3, -0.25) is 5.73 Å². The summed E-state index contributed by atoms with van der Waals surface area (Å²) < 4.78 is 1.07. The summed E-state index contributed by atoms with van der Waals surface area (Å²) in [5, 5.41) is 2.79. The Labute approximate surface area is 102 Å². The van der Waals surface area contributed by atoms with E-state index in [1.807, 2.05) is 24.3 Å². The maximum Gasteiger partial charge on any atom is 0.195 e. The Hall–Kier alpha value is -1.08. The molecule has 0 bridgehead atoms. The molecule has 1 aliphatic heterocycles. The largest absolute Gasteiger partial charge is 0.370 e. The second kappa shape index (κ2) is 3.82. The highest BCUT2D eigenvalue weighted by molar-refractivity contribution is 14.1. The summed E-state index contributed by atoms with van der Waals surface area (Å²) >= 11 is 2.24. The normalized spacial score (nSPS) is 24.5. The van der Waals surface area contributed by atoms with Crippen molar-refractivity contribution in [2.75, 3.05) is 0 Å². The first-order valence-electron chi connectivity index (χ1n) is 4.45. The smallest absolute Gasteiger partial charge is 0.195 e. The van der Waals surface area contributed by atoms with Crippen molar-refractivity contribution in [1.29, 1.82) is 0 Å². The van der Waals surface area contributed by atoms with Crippen LogP contribution in [-0.4, -0.2) is 5.96 Å². The van der Waals surface area contributed by atoms with Crippen LogP contribution in [0.1, 0.15) is 5.56 Å². The number of guanidine groups is 1. The monoisotopic (exact) mass is 314 g/mol. The van der Waals surface area contributed by atoms with Crippen molar-refractivity contribution in [2.45, 2.75) is 5.66 Å². The van der Waals surface area contributed by atoms with Crippen LogP contribution in [0.4, 0.5) is 0 Å². The average molecular weight is 314 g/mol. The van der Waals surface area contributed by atoms with Gasteiger partial charge in [0, 0.05) is 15.3 Å². The van der Waals surface area contributed by atoms with Gasteiger partial charge >= 0.3 is 0 Å². The minimum atomic E-state index is -0.854. The van der Waals surface area contributed by atoms with E-state index < -0.39 is 5.66 Å². The van der Waals surface area contributed by atoms with Crippen LogP contribution >= 0.6 is 22.6 Å². The molecule has 2 rings (SSSR count). The van der Waals surface area contributed by atoms with E-state index in [1.165, 1.54) is 0 Å². The van der Waals surface area contributed by atoms with Gasteiger partial charge < -0.3 is 11.1 Å². The summed E-state index contributed by atoms with van der Waals surface area (Å²) in [5.41, 5.74) is 11.9. The lowest BCUT2D eigenvalue weighted by Gasteiger charge is -2.26. The highest BCUT2D eigenvalue weighted by Crippen LogP contribution is 2.27. The van der Waals surface area contributed by atoms with Gasteiger partial charge in [-0.15, -0.1) is 0 Å². The quantitative estimate of drug-likeness (QED) is 0.672. The molecule has 5 N–H and O–H groups in total. The molecule has 1 atom stereocenters. The fraction of sp³-hybridized carbons (Fsp3) is 0.100. The first-order valence-corrected chi connectivity index (χ1v) is 5.53. The molecule has 0 fully saturated rings. The van der Waals surface area contributed by atoms with Crippen LogP contribution in [-0.2, 0) is 5.66 Å². The van der Waals surface area contributed by atoms with Gasteiger partial charge in [-0.05, 0) is 34.7 Å². The lowest BCUT2D eigenvalue weighted by Crippen LogP contribution is -2.42. The molecule has 4 nitrogen and oxygen atoms in total. The van der Waals surface area contributed by atoms with E-state index in [-0.39, 0.29) is 0 Å². The predicted octanol–water partition coefficient (Wildman–Crippen LogP) is 0.834. The third-order valence-electron chi connectivity index (χ3n) is 2.18. The number of halogens is 1. The zero-order chi connectivity index (χ0) is 10.9. The molecule has 0 aliphatic carbocycles. The highest BCUT2D eigenvalue weighted by Gasteiger charge is 2.27. The number of hydrogen-bond donors (Lipinski definition) is 3. The second-order valence-corrected chi connectivity index (χ2v) is 4.44. The van der Waals surface area contributed by atoms with Crippen molar-refractivity contribution in [1.82, 2.24) is 5.32 Å². The number of benzene rings is 1. The van der Waals surface area contributed by atoms with Gasteiger partial charge in [-0.1, -0.05) is 18.2 Å². The van der Waals surface area contributed by atoms with Gasteiger partial charge in [0.1, 0.15) is 0 Å². The van der Waals surface area contributed by atoms with E-state index in [0.717, 1.165) is 9.13 Å². The molecule has 1 aromatic carbocycles. The van der Waals surface area contributed by atoms with E-state index in [9.17, 15) is 0 Å². The van der Waals surface area contributed by atoms with E-state index in [4.69, 9.17) is 11.5 Å². The Morgan fingerprint density at radius 3 is 2.73 bits per heavy atom. The van der Waals surface area contributed by atoms with Crippen LogP contribution in [0.25, 0.3) is 0 Å². The lowest BCUT2D eigenvalue weighted by molar-refractivity contribution is 0.578. The first kappa shape index (κ1) is 10.4. The molecule has 0 spiro atoms. The topological polar surface area (TPSA) is 76.4 Å². The van der Waals surface area contributed by atoms with Gasteiger partial charge in [0.05, 0.1) is 0 Å². The number of nitrogens with zero attached hydrogens (tertiary/aromatic N) is 1. The van der Waals surface area contributed by atoms with Crippen LogP contribution < -0.4 is 16.8 Å². The van der Waals surface area contributed by atoms with E-state index >= 15 is 0 Å². The Bertz CT molecular complexity index is 441. The summed E-state index contributed by atoms with van der Waals surface area (Å²) in [6.07, 6.45) is 3.51. The molecule has 0 amide bonds. The van der Waals surface area contributed by atoms with E-state index in [1.54, 1.807) is 12.3 Å². The first-order chi connectivity index (χ1) is 7.12. The molecule has 15 heavy (non-hydrogen) atoms. The standard InChI is InChI=1S/C10H11IN4/c11-8-4-2-1-3-7(8)10(13)5-6-14-9(12)15-10/h1-6H,13H2,(H3,12,14,15). The molecule has 1 unspecified atom stereocenters. The average Bonchev–Trinajstić information content (AvgIpc) is 2.17. The Kier molecular flexibility index (Phi) is 2.66. The molecule has 5 heteroatoms. The molecular formula is C10H11IN4. The van der Waals surface area contributed by atoms with Crippen LogP contribution in [0.2, 0.25) is 0 Å². The van der Waals surface area contributed by atoms with Crippen molar-refractivity contribution < 1.29 is 0 Å². The van der Waals surface area contributed by atoms with Crippen LogP contribution in [0.5, 0.6) is 0 Å². The molecule has 0 radical (unpaired) electrons. The van der Waals surface area contributed by atoms with Crippen LogP contribution in [0, 0.1) is 3.57 Å². The molecule has 0 aromatic heterocycles. The number of aliphatic imine (C=N–C) groups is 1. The van der Waals surface area contributed by atoms with Gasteiger partial charge in [0.2, 0.25) is 0 Å². The maximum absolute atomic E-state index is 6.17. The van der Waals surface area contributed by atoms with Crippen molar-refractivity contribution >= 4 is 28.6 Å². The van der Waals surface area contributed by atoms with Crippen molar-refractivity contribution in [3.8, 4) is 0 Å². The second-order valence-electron chi connectivity index (χ2n) is 3.28. The van der Waals surface area contributed by atoms with Crippen LogP contribution in [0.15, 0.2) is 41.5 Å². The minimum absolute atomic E-state index is 0.333. The summed E-state index contributed by atoms with van der Waals surface area (Å²) in [6.45, 7) is 0.